The van der Waals surface area contributed by atoms with Crippen LogP contribution < -0.4 is 0 Å². The number of fused-ring (bicyclic) bond motifs is 1. The minimum absolute atomic E-state index is 0.0000531. The largest absolute Gasteiger partial charge is 0.358 e. The lowest BCUT2D eigenvalue weighted by atomic mass is 10.1. The van der Waals surface area contributed by atoms with Crippen LogP contribution in [0.25, 0.3) is 11.2 Å². The Morgan fingerprint density at radius 1 is 1.33 bits per heavy atom. The van der Waals surface area contributed by atoms with Crippen molar-refractivity contribution in [3.63, 3.8) is 0 Å². The molecule has 0 aliphatic carbocycles. The van der Waals surface area contributed by atoms with E-state index in [1.54, 1.807) is 10.9 Å². The number of hydrogen-bond donors (Lipinski definition) is 0. The van der Waals surface area contributed by atoms with Crippen molar-refractivity contribution in [2.75, 3.05) is 6.61 Å². The third kappa shape index (κ3) is 3.26. The highest BCUT2D eigenvalue weighted by atomic mass is 35.5. The van der Waals surface area contributed by atoms with Gasteiger partial charge in [0.2, 0.25) is 11.1 Å². The fourth-order valence-electron chi connectivity index (χ4n) is 3.10. The van der Waals surface area contributed by atoms with Gasteiger partial charge >= 0.3 is 0 Å². The van der Waals surface area contributed by atoms with Gasteiger partial charge in [0, 0.05) is 24.3 Å². The molecule has 1 saturated heterocycles. The summed E-state index contributed by atoms with van der Waals surface area (Å²) in [5.74, 6) is -0.511. The Labute approximate surface area is 158 Å². The molecule has 0 bridgehead atoms. The predicted octanol–water partition coefficient (Wildman–Crippen LogP) is 3.32. The standard InChI is InChI=1S/C17H14ClN5O4/c18-17-20-13(15(24)10-4-3-5-11(8-10)23(25)26)14-16(21-17)22(9-19-14)12-6-1-2-7-27-12/h3-5,8-9,12H,1-2,6-7H2. The quantitative estimate of drug-likeness (QED) is 0.292. The molecule has 1 fully saturated rings. The molecular formula is C17H14ClN5O4. The van der Waals surface area contributed by atoms with Crippen molar-refractivity contribution in [3.05, 3.63) is 57.2 Å². The number of carbonyl (C=O) groups excluding carboxylic acids is 1. The van der Waals surface area contributed by atoms with E-state index >= 15 is 0 Å². The fourth-order valence-corrected chi connectivity index (χ4v) is 3.26. The minimum atomic E-state index is -0.561. The van der Waals surface area contributed by atoms with E-state index in [-0.39, 0.29) is 34.0 Å². The number of carbonyl (C=O) groups is 1. The molecule has 0 N–H and O–H groups in total. The van der Waals surface area contributed by atoms with Crippen LogP contribution in [0, 0.1) is 10.1 Å². The van der Waals surface area contributed by atoms with Crippen LogP contribution in [0.15, 0.2) is 30.6 Å². The van der Waals surface area contributed by atoms with Gasteiger partial charge < -0.3 is 4.74 Å². The fraction of sp³-hybridized carbons (Fsp3) is 0.294. The van der Waals surface area contributed by atoms with E-state index in [0.29, 0.717) is 12.3 Å². The third-order valence-corrected chi connectivity index (χ3v) is 4.56. The van der Waals surface area contributed by atoms with Crippen LogP contribution >= 0.6 is 11.6 Å². The summed E-state index contributed by atoms with van der Waals surface area (Å²) in [6, 6.07) is 5.44. The summed E-state index contributed by atoms with van der Waals surface area (Å²) in [5.41, 5.74) is 0.628. The number of nitro groups is 1. The maximum Gasteiger partial charge on any atom is 0.270 e. The van der Waals surface area contributed by atoms with Crippen LogP contribution in [-0.2, 0) is 4.74 Å². The van der Waals surface area contributed by atoms with Crippen LogP contribution in [0.1, 0.15) is 41.5 Å². The summed E-state index contributed by atoms with van der Waals surface area (Å²) in [6.07, 6.45) is 4.14. The second-order valence-electron chi connectivity index (χ2n) is 6.12. The summed E-state index contributed by atoms with van der Waals surface area (Å²) < 4.78 is 7.50. The zero-order chi connectivity index (χ0) is 19.0. The van der Waals surface area contributed by atoms with E-state index in [4.69, 9.17) is 16.3 Å². The average Bonchev–Trinajstić information content (AvgIpc) is 3.11. The van der Waals surface area contributed by atoms with Crippen LogP contribution in [0.5, 0.6) is 0 Å². The van der Waals surface area contributed by atoms with Crippen LogP contribution in [-0.4, -0.2) is 36.8 Å². The molecule has 1 aromatic carbocycles. The molecule has 27 heavy (non-hydrogen) atoms. The second-order valence-corrected chi connectivity index (χ2v) is 6.46. The Hall–Kier alpha value is -2.91. The highest BCUT2D eigenvalue weighted by Crippen LogP contribution is 2.28. The van der Waals surface area contributed by atoms with Crippen molar-refractivity contribution in [1.29, 1.82) is 0 Å². The number of hydrogen-bond acceptors (Lipinski definition) is 7. The van der Waals surface area contributed by atoms with Crippen LogP contribution in [0.2, 0.25) is 5.28 Å². The van der Waals surface area contributed by atoms with Crippen molar-refractivity contribution in [2.45, 2.75) is 25.5 Å². The Morgan fingerprint density at radius 3 is 2.93 bits per heavy atom. The summed E-state index contributed by atoms with van der Waals surface area (Å²) in [6.45, 7) is 0.641. The molecule has 0 amide bonds. The van der Waals surface area contributed by atoms with E-state index in [9.17, 15) is 14.9 Å². The van der Waals surface area contributed by atoms with Crippen molar-refractivity contribution in [1.82, 2.24) is 19.5 Å². The molecular weight excluding hydrogens is 374 g/mol. The number of rotatable bonds is 4. The molecule has 1 aliphatic heterocycles. The lowest BCUT2D eigenvalue weighted by Gasteiger charge is -2.23. The van der Waals surface area contributed by atoms with E-state index in [1.165, 1.54) is 24.3 Å². The lowest BCUT2D eigenvalue weighted by molar-refractivity contribution is -0.384. The average molecular weight is 388 g/mol. The lowest BCUT2D eigenvalue weighted by Crippen LogP contribution is -2.18. The molecule has 0 saturated carbocycles. The first-order valence-electron chi connectivity index (χ1n) is 8.35. The first kappa shape index (κ1) is 17.5. The van der Waals surface area contributed by atoms with Gasteiger partial charge in [-0.15, -0.1) is 0 Å². The Kier molecular flexibility index (Phi) is 4.54. The molecule has 1 aliphatic rings. The summed E-state index contributed by atoms with van der Waals surface area (Å²) in [4.78, 5) is 35.9. The molecule has 0 spiro atoms. The maximum absolute atomic E-state index is 12.9. The predicted molar refractivity (Wildman–Crippen MR) is 95.7 cm³/mol. The Balaban J connectivity index is 1.80. The number of benzene rings is 1. The van der Waals surface area contributed by atoms with Gasteiger partial charge in [0.25, 0.3) is 5.69 Å². The zero-order valence-corrected chi connectivity index (χ0v) is 14.8. The first-order valence-corrected chi connectivity index (χ1v) is 8.73. The van der Waals surface area contributed by atoms with Gasteiger partial charge in [0.05, 0.1) is 11.3 Å². The molecule has 4 rings (SSSR count). The normalized spacial score (nSPS) is 17.1. The minimum Gasteiger partial charge on any atom is -0.358 e. The SMILES string of the molecule is O=C(c1cccc([N+](=O)[O-])c1)c1nc(Cl)nc2c1ncn2C1CCCCO1. The van der Waals surface area contributed by atoms with Gasteiger partial charge in [-0.2, -0.15) is 4.98 Å². The summed E-state index contributed by atoms with van der Waals surface area (Å²) >= 11 is 6.04. The summed E-state index contributed by atoms with van der Waals surface area (Å²) in [7, 11) is 0. The first-order chi connectivity index (χ1) is 13.0. The summed E-state index contributed by atoms with van der Waals surface area (Å²) in [5, 5.41) is 10.9. The second kappa shape index (κ2) is 7.01. The maximum atomic E-state index is 12.9. The number of halogens is 1. The number of non-ortho nitro benzene ring substituents is 1. The molecule has 2 aromatic heterocycles. The molecule has 10 heteroatoms. The van der Waals surface area contributed by atoms with Crippen LogP contribution in [0.4, 0.5) is 5.69 Å². The number of nitrogens with zero attached hydrogens (tertiary/aromatic N) is 5. The number of ether oxygens (including phenoxy) is 1. The smallest absolute Gasteiger partial charge is 0.270 e. The molecule has 0 radical (unpaired) electrons. The van der Waals surface area contributed by atoms with Gasteiger partial charge in [-0.25, -0.2) is 9.97 Å². The Morgan fingerprint density at radius 2 is 2.19 bits per heavy atom. The molecule has 3 heterocycles. The van der Waals surface area contributed by atoms with Gasteiger partial charge in [-0.05, 0) is 30.9 Å². The molecule has 9 nitrogen and oxygen atoms in total. The third-order valence-electron chi connectivity index (χ3n) is 4.39. The van der Waals surface area contributed by atoms with Crippen molar-refractivity contribution in [3.8, 4) is 0 Å². The van der Waals surface area contributed by atoms with Gasteiger partial charge in [0.1, 0.15) is 17.4 Å². The van der Waals surface area contributed by atoms with Gasteiger partial charge in [0.15, 0.2) is 5.65 Å². The molecule has 1 atom stereocenters. The van der Waals surface area contributed by atoms with E-state index in [1.807, 2.05) is 0 Å². The monoisotopic (exact) mass is 387 g/mol. The van der Waals surface area contributed by atoms with Crippen molar-refractivity contribution >= 4 is 34.2 Å². The molecule has 138 valence electrons. The molecule has 1 unspecified atom stereocenters. The highest BCUT2D eigenvalue weighted by molar-refractivity contribution is 6.29. The van der Waals surface area contributed by atoms with E-state index in [2.05, 4.69) is 15.0 Å². The zero-order valence-electron chi connectivity index (χ0n) is 14.0. The van der Waals surface area contributed by atoms with Crippen molar-refractivity contribution in [2.24, 2.45) is 0 Å². The van der Waals surface area contributed by atoms with Gasteiger partial charge in [-0.3, -0.25) is 19.5 Å². The number of aromatic nitrogens is 4. The van der Waals surface area contributed by atoms with Gasteiger partial charge in [-0.1, -0.05) is 12.1 Å². The Bertz CT molecular complexity index is 1040. The van der Waals surface area contributed by atoms with E-state index in [0.717, 1.165) is 19.3 Å². The molecule has 3 aromatic rings. The number of imidazole rings is 1. The van der Waals surface area contributed by atoms with Crippen LogP contribution in [0.3, 0.4) is 0 Å². The topological polar surface area (TPSA) is 113 Å². The highest BCUT2D eigenvalue weighted by Gasteiger charge is 2.24. The van der Waals surface area contributed by atoms with E-state index < -0.39 is 10.7 Å². The van der Waals surface area contributed by atoms with Crippen molar-refractivity contribution < 1.29 is 14.5 Å². The number of nitro benzene ring substituents is 1. The number of ketones is 1.